The SMILES string of the molecule is C[C@@H](Sc1ncc(C(F)(F)F)cc1Cl)C(=O)c1ccc(NS(C)(=O)=O)cc1. The highest BCUT2D eigenvalue weighted by atomic mass is 35.5. The molecule has 0 unspecified atom stereocenters. The molecule has 0 aliphatic heterocycles. The van der Waals surface area contributed by atoms with Gasteiger partial charge in [-0.05, 0) is 37.3 Å². The van der Waals surface area contributed by atoms with E-state index in [9.17, 15) is 26.4 Å². The molecule has 1 aromatic heterocycles. The number of halogens is 4. The molecule has 0 aliphatic carbocycles. The Kier molecular flexibility index (Phi) is 6.43. The summed E-state index contributed by atoms with van der Waals surface area (Å²) in [6.45, 7) is 1.57. The number of ketones is 1. The monoisotopic (exact) mass is 438 g/mol. The van der Waals surface area contributed by atoms with Crippen LogP contribution in [0.4, 0.5) is 18.9 Å². The predicted octanol–water partition coefficient (Wildman–Crippen LogP) is 4.49. The Hall–Kier alpha value is -1.78. The van der Waals surface area contributed by atoms with Crippen LogP contribution in [0.5, 0.6) is 0 Å². The average Bonchev–Trinajstić information content (AvgIpc) is 2.54. The van der Waals surface area contributed by atoms with Gasteiger partial charge in [0.25, 0.3) is 0 Å². The van der Waals surface area contributed by atoms with Gasteiger partial charge in [0.15, 0.2) is 5.78 Å². The number of aromatic nitrogens is 1. The minimum Gasteiger partial charge on any atom is -0.293 e. The second kappa shape index (κ2) is 8.07. The largest absolute Gasteiger partial charge is 0.417 e. The van der Waals surface area contributed by atoms with E-state index in [0.29, 0.717) is 17.4 Å². The van der Waals surface area contributed by atoms with Crippen LogP contribution in [0.25, 0.3) is 0 Å². The molecule has 1 atom stereocenters. The van der Waals surface area contributed by atoms with Gasteiger partial charge in [0.2, 0.25) is 10.0 Å². The zero-order chi connectivity index (χ0) is 20.4. The molecule has 1 aromatic carbocycles. The van der Waals surface area contributed by atoms with Gasteiger partial charge in [-0.25, -0.2) is 13.4 Å². The number of anilines is 1. The lowest BCUT2D eigenvalue weighted by molar-refractivity contribution is -0.137. The summed E-state index contributed by atoms with van der Waals surface area (Å²) in [6, 6.07) is 6.55. The summed E-state index contributed by atoms with van der Waals surface area (Å²) in [6.07, 6.45) is -2.88. The van der Waals surface area contributed by atoms with Gasteiger partial charge in [0, 0.05) is 17.4 Å². The van der Waals surface area contributed by atoms with Crippen molar-refractivity contribution in [1.29, 1.82) is 0 Å². The summed E-state index contributed by atoms with van der Waals surface area (Å²) in [4.78, 5) is 16.2. The average molecular weight is 439 g/mol. The minimum atomic E-state index is -4.55. The molecule has 1 N–H and O–H groups in total. The molecule has 0 bridgehead atoms. The van der Waals surface area contributed by atoms with Gasteiger partial charge >= 0.3 is 6.18 Å². The van der Waals surface area contributed by atoms with Gasteiger partial charge in [0.05, 0.1) is 22.1 Å². The quantitative estimate of drug-likeness (QED) is 0.531. The third kappa shape index (κ3) is 6.12. The third-order valence-electron chi connectivity index (χ3n) is 3.27. The van der Waals surface area contributed by atoms with Crippen LogP contribution in [-0.2, 0) is 16.2 Å². The number of rotatable bonds is 6. The number of alkyl halides is 3. The maximum absolute atomic E-state index is 12.6. The van der Waals surface area contributed by atoms with E-state index in [1.54, 1.807) is 6.92 Å². The van der Waals surface area contributed by atoms with Gasteiger partial charge in [0.1, 0.15) is 5.03 Å². The Morgan fingerprint density at radius 3 is 2.33 bits per heavy atom. The molecular formula is C16H14ClF3N2O3S2. The molecule has 0 fully saturated rings. The van der Waals surface area contributed by atoms with Gasteiger partial charge < -0.3 is 0 Å². The first-order valence-corrected chi connectivity index (χ1v) is 10.5. The first kappa shape index (κ1) is 21.5. The van der Waals surface area contributed by atoms with Crippen LogP contribution in [-0.4, -0.2) is 30.7 Å². The lowest BCUT2D eigenvalue weighted by Gasteiger charge is -2.13. The molecule has 0 saturated heterocycles. The highest BCUT2D eigenvalue weighted by molar-refractivity contribution is 8.00. The molecule has 0 aliphatic rings. The second-order valence-electron chi connectivity index (χ2n) is 5.58. The molecule has 0 amide bonds. The van der Waals surface area contributed by atoms with Crippen LogP contribution in [0, 0.1) is 0 Å². The number of thioether (sulfide) groups is 1. The summed E-state index contributed by atoms with van der Waals surface area (Å²) in [5.74, 6) is -0.302. The van der Waals surface area contributed by atoms with Crippen LogP contribution in [0.2, 0.25) is 5.02 Å². The zero-order valence-corrected chi connectivity index (χ0v) is 16.4. The van der Waals surface area contributed by atoms with Crippen molar-refractivity contribution in [3.63, 3.8) is 0 Å². The number of benzene rings is 1. The first-order valence-electron chi connectivity index (χ1n) is 7.38. The number of sulfonamides is 1. The van der Waals surface area contributed by atoms with Crippen molar-refractivity contribution in [3.8, 4) is 0 Å². The van der Waals surface area contributed by atoms with Crippen molar-refractivity contribution in [2.75, 3.05) is 11.0 Å². The van der Waals surface area contributed by atoms with Crippen molar-refractivity contribution in [3.05, 3.63) is 52.7 Å². The molecule has 0 saturated carbocycles. The van der Waals surface area contributed by atoms with Crippen molar-refractivity contribution < 1.29 is 26.4 Å². The van der Waals surface area contributed by atoms with E-state index >= 15 is 0 Å². The molecule has 0 spiro atoms. The van der Waals surface area contributed by atoms with Gasteiger partial charge in [-0.2, -0.15) is 13.2 Å². The van der Waals surface area contributed by atoms with E-state index in [-0.39, 0.29) is 15.8 Å². The Labute approximate surface area is 163 Å². The van der Waals surface area contributed by atoms with E-state index in [4.69, 9.17) is 11.6 Å². The Balaban J connectivity index is 2.12. The van der Waals surface area contributed by atoms with E-state index in [1.165, 1.54) is 24.3 Å². The summed E-state index contributed by atoms with van der Waals surface area (Å²) < 4.78 is 62.6. The molecule has 146 valence electrons. The van der Waals surface area contributed by atoms with Crippen LogP contribution in [0.3, 0.4) is 0 Å². The Bertz CT molecular complexity index is 948. The van der Waals surface area contributed by atoms with Crippen LogP contribution < -0.4 is 4.72 Å². The van der Waals surface area contributed by atoms with Gasteiger partial charge in [-0.15, -0.1) is 0 Å². The number of carbonyl (C=O) groups excluding carboxylic acids is 1. The fraction of sp³-hybridized carbons (Fsp3) is 0.250. The Morgan fingerprint density at radius 2 is 1.85 bits per heavy atom. The number of carbonyl (C=O) groups is 1. The maximum Gasteiger partial charge on any atom is 0.417 e. The second-order valence-corrected chi connectivity index (χ2v) is 9.07. The van der Waals surface area contributed by atoms with E-state index in [1.807, 2.05) is 0 Å². The third-order valence-corrected chi connectivity index (χ3v) is 5.39. The molecule has 0 radical (unpaired) electrons. The number of nitrogens with one attached hydrogen (secondary N) is 1. The standard InChI is InChI=1S/C16H14ClF3N2O3S2/c1-9(26-15-13(17)7-11(8-21-15)16(18,19)20)14(23)10-3-5-12(6-4-10)22-27(2,24)25/h3-9,22H,1-2H3/t9-/m1/s1. The normalized spacial score (nSPS) is 13.3. The van der Waals surface area contributed by atoms with Crippen molar-refractivity contribution in [2.45, 2.75) is 23.4 Å². The van der Waals surface area contributed by atoms with Gasteiger partial charge in [-0.3, -0.25) is 9.52 Å². The number of Topliss-reactive ketones (excluding diaryl/α,β-unsaturated/α-hetero) is 1. The van der Waals surface area contributed by atoms with Gasteiger partial charge in [-0.1, -0.05) is 23.4 Å². The van der Waals surface area contributed by atoms with Crippen molar-refractivity contribution in [1.82, 2.24) is 4.98 Å². The first-order chi connectivity index (χ1) is 12.4. The lowest BCUT2D eigenvalue weighted by Crippen LogP contribution is -2.14. The molecule has 5 nitrogen and oxygen atoms in total. The van der Waals surface area contributed by atoms with Crippen molar-refractivity contribution >= 4 is 44.9 Å². The smallest absolute Gasteiger partial charge is 0.293 e. The van der Waals surface area contributed by atoms with E-state index in [2.05, 4.69) is 9.71 Å². The molecule has 2 aromatic rings. The summed E-state index contributed by atoms with van der Waals surface area (Å²) in [5, 5.41) is -0.747. The molecule has 27 heavy (non-hydrogen) atoms. The highest BCUT2D eigenvalue weighted by Gasteiger charge is 2.32. The molecular weight excluding hydrogens is 425 g/mol. The molecule has 2 rings (SSSR count). The lowest BCUT2D eigenvalue weighted by atomic mass is 10.1. The summed E-state index contributed by atoms with van der Waals surface area (Å²) >= 11 is 6.79. The van der Waals surface area contributed by atoms with Crippen LogP contribution >= 0.6 is 23.4 Å². The number of hydrogen-bond acceptors (Lipinski definition) is 5. The minimum absolute atomic E-state index is 0.112. The zero-order valence-electron chi connectivity index (χ0n) is 14.0. The molecule has 11 heteroatoms. The van der Waals surface area contributed by atoms with Crippen molar-refractivity contribution in [2.24, 2.45) is 0 Å². The van der Waals surface area contributed by atoms with E-state index < -0.39 is 27.0 Å². The van der Waals surface area contributed by atoms with Crippen LogP contribution in [0.1, 0.15) is 22.8 Å². The highest BCUT2D eigenvalue weighted by Crippen LogP contribution is 2.35. The topological polar surface area (TPSA) is 76.1 Å². The molecule has 1 heterocycles. The number of hydrogen-bond donors (Lipinski definition) is 1. The summed E-state index contributed by atoms with van der Waals surface area (Å²) in [5.41, 5.74) is -0.344. The number of nitrogens with zero attached hydrogens (tertiary/aromatic N) is 1. The predicted molar refractivity (Wildman–Crippen MR) is 98.8 cm³/mol. The number of pyridine rings is 1. The fourth-order valence-electron chi connectivity index (χ4n) is 2.04. The van der Waals surface area contributed by atoms with E-state index in [0.717, 1.165) is 24.1 Å². The maximum atomic E-state index is 12.6. The Morgan fingerprint density at radius 1 is 1.26 bits per heavy atom. The van der Waals surface area contributed by atoms with Crippen LogP contribution in [0.15, 0.2) is 41.6 Å². The summed E-state index contributed by atoms with van der Waals surface area (Å²) in [7, 11) is -3.43. The fourth-order valence-corrected chi connectivity index (χ4v) is 3.77.